The molecule has 0 aromatic heterocycles. The van der Waals surface area contributed by atoms with Gasteiger partial charge in [0.2, 0.25) is 47.3 Å². The Labute approximate surface area is 836 Å². The molecule has 0 saturated carbocycles. The molecule has 3 aliphatic rings. The number of benzene rings is 1. The Bertz CT molecular complexity index is 3900. The Morgan fingerprint density at radius 3 is 0.951 bits per heavy atom. The van der Waals surface area contributed by atoms with Crippen molar-refractivity contribution in [1.82, 2.24) is 47.2 Å². The lowest BCUT2D eigenvalue weighted by Gasteiger charge is -2.44. The van der Waals surface area contributed by atoms with Gasteiger partial charge in [0.05, 0.1) is 151 Å². The Hall–Kier alpha value is -10.7. The lowest BCUT2D eigenvalue weighted by Crippen LogP contribution is -2.66. The number of carbonyl (C=O) groups excluding carboxylic acids is 17. The first kappa shape index (κ1) is 126. The molecule has 1 aromatic rings. The zero-order valence-electron chi connectivity index (χ0n) is 84.4. The molecule has 814 valence electrons. The minimum Gasteiger partial charge on any atom is -0.463 e. The van der Waals surface area contributed by atoms with E-state index in [4.69, 9.17) is 123 Å². The van der Waals surface area contributed by atoms with Gasteiger partial charge in [0.25, 0.3) is 0 Å². The van der Waals surface area contributed by atoms with Gasteiger partial charge in [-0.2, -0.15) is 5.26 Å². The molecule has 3 heterocycles. The number of nitrogens with zero attached hydrogens (tertiary/aromatic N) is 2. The van der Waals surface area contributed by atoms with E-state index in [0.717, 1.165) is 67.9 Å². The fourth-order valence-corrected chi connectivity index (χ4v) is 15.8. The number of carbonyl (C=O) groups is 17. The molecule has 144 heavy (non-hydrogen) atoms. The summed E-state index contributed by atoms with van der Waals surface area (Å²) in [4.78, 5) is 214. The third kappa shape index (κ3) is 52.4. The fraction of sp³-hybridized carbons (Fsp3) is 0.736. The highest BCUT2D eigenvalue weighted by Gasteiger charge is 2.55. The molecule has 1 unspecified atom stereocenters. The molecule has 0 aliphatic carbocycles. The minimum atomic E-state index is -1.64. The van der Waals surface area contributed by atoms with Gasteiger partial charge in [-0.25, -0.2) is 4.67 Å². The van der Waals surface area contributed by atoms with Crippen LogP contribution in [0.4, 0.5) is 0 Å². The minimum absolute atomic E-state index is 0.0188. The molecule has 1 aromatic carbocycles. The Morgan fingerprint density at radius 2 is 0.653 bits per heavy atom. The van der Waals surface area contributed by atoms with Crippen molar-refractivity contribution in [1.29, 1.82) is 5.26 Å². The average molecular weight is 2080 g/mol. The summed E-state index contributed by atoms with van der Waals surface area (Å²) in [7, 11) is -1.55. The first-order chi connectivity index (χ1) is 68.5. The summed E-state index contributed by atoms with van der Waals surface area (Å²) in [5.74, 6) is -10.6. The van der Waals surface area contributed by atoms with Gasteiger partial charge < -0.3 is 161 Å². The second-order valence-electron chi connectivity index (χ2n) is 33.2. The molecule has 4 rings (SSSR count). The second-order valence-corrected chi connectivity index (χ2v) is 34.6. The molecule has 52 nitrogen and oxygen atoms in total. The predicted octanol–water partition coefficient (Wildman–Crippen LogP) is -1.09. The molecule has 8 amide bonds. The van der Waals surface area contributed by atoms with Gasteiger partial charge in [-0.3, -0.25) is 81.5 Å². The van der Waals surface area contributed by atoms with E-state index in [2.05, 4.69) is 53.3 Å². The summed E-state index contributed by atoms with van der Waals surface area (Å²) >= 11 is 0. The van der Waals surface area contributed by atoms with Crippen LogP contribution < -0.4 is 47.1 Å². The van der Waals surface area contributed by atoms with Crippen molar-refractivity contribution in [2.24, 2.45) is 0 Å². The van der Waals surface area contributed by atoms with Gasteiger partial charge in [-0.05, 0) is 45.4 Å². The first-order valence-corrected chi connectivity index (χ1v) is 48.0. The summed E-state index contributed by atoms with van der Waals surface area (Å²) in [6, 6.07) is 5.58. The molecule has 53 heteroatoms. The normalized spacial score (nSPS) is 21.0. The van der Waals surface area contributed by atoms with E-state index in [9.17, 15) is 81.5 Å². The monoisotopic (exact) mass is 2080 g/mol. The van der Waals surface area contributed by atoms with E-state index in [1.807, 2.05) is 27.7 Å². The zero-order valence-corrected chi connectivity index (χ0v) is 85.3. The molecule has 0 spiro atoms. The summed E-state index contributed by atoms with van der Waals surface area (Å²) in [6.45, 7) is 17.2. The quantitative estimate of drug-likeness (QED) is 0.0166. The van der Waals surface area contributed by atoms with E-state index in [0.29, 0.717) is 5.75 Å². The van der Waals surface area contributed by atoms with Crippen LogP contribution in [0, 0.1) is 11.3 Å². The molecular weight excluding hydrogens is 1940 g/mol. The van der Waals surface area contributed by atoms with Crippen molar-refractivity contribution in [3.63, 3.8) is 0 Å². The maximum absolute atomic E-state index is 14.2. The standard InChI is InChI=1S/C91H143N10O42P/c1-55(2)101(56(3)4)144(133-31-17-26-92)143-70-20-18-69(19-21-70)48-78(118)96-30-39-120-41-40-119-32-25-77(117)100-91(52-124-33-22-74(114)93-27-36-121-42-45-127-88-79(97-57(5)102)85(137-66(14)111)82(134-63(11)108)71(140-88)49-130-60(8)105,53-125-34-23-75(115)94-28-37-122-43-46-128-89-80(98-58(6)103)86(138-67(15)112)83(135-64(12)109)72(141-89)50-131-61(9)106)54-126-35-24-76(116)95-29-38-123-44-47-129-90-81(99-59(7)104)87(139-68(16)113)84(136-65(13)110)73(142-90)51-132-62(10)107/h18-21,55-56,71-73,79-90H,17,22-25,27-54H2,1-16H3,(H,93,114)(H,94,115)(H,95,116)(H,96,118)(H,97,102)(H,98,103)(H,99,104)(H,100,117)/t71-,72-,73-,79-,80-,81-,82+,83+,84+,85-,86-,87-,88-,89-,90-,144?/m1/s1. The number of hydrogen-bond acceptors (Lipinski definition) is 44. The molecule has 3 aliphatic heterocycles. The summed E-state index contributed by atoms with van der Waals surface area (Å²) in [5, 5.41) is 30.8. The third-order valence-corrected chi connectivity index (χ3v) is 22.0. The van der Waals surface area contributed by atoms with E-state index in [1.54, 1.807) is 24.3 Å². The van der Waals surface area contributed by atoms with Crippen LogP contribution in [0.2, 0.25) is 0 Å². The van der Waals surface area contributed by atoms with Crippen molar-refractivity contribution in [2.75, 3.05) is 178 Å². The van der Waals surface area contributed by atoms with Crippen LogP contribution in [-0.2, 0) is 201 Å². The highest BCUT2D eigenvalue weighted by molar-refractivity contribution is 7.45. The maximum atomic E-state index is 14.2. The highest BCUT2D eigenvalue weighted by atomic mass is 31.2. The SMILES string of the molecule is CC(=O)N[C@H]1[C@H](OCCOCCNC(=O)CCOCC(COCCC(=O)NCCOCCO[C@@H]2O[C@H](COC(C)=O)[C@H](OC(C)=O)[C@H](OC(C)=O)[C@H]2NC(C)=O)(COCCC(=O)NCCOCCO[C@@H]2O[C@H](COC(C)=O)[C@H](OC(C)=O)[C@H](OC(C)=O)[C@H]2NC(C)=O)NC(=O)CCOCCOCCNC(=O)Cc2ccc(OP(OCCC#N)N(C(C)C)C(C)C)cc2)O[C@H](COC(C)=O)[C@H](OC(C)=O)[C@@H]1OC(C)=O. The van der Waals surface area contributed by atoms with Gasteiger partial charge in [-0.1, -0.05) is 12.1 Å². The Kier molecular flexibility index (Phi) is 61.2. The molecule has 16 atom stereocenters. The lowest BCUT2D eigenvalue weighted by molar-refractivity contribution is -0.279. The number of nitrogens with one attached hydrogen (secondary N) is 8. The molecule has 0 radical (unpaired) electrons. The average Bonchev–Trinajstić information content (AvgIpc) is 0.791. The van der Waals surface area contributed by atoms with E-state index >= 15 is 0 Å². The van der Waals surface area contributed by atoms with Crippen LogP contribution in [-0.4, -0.2) is 393 Å². The molecule has 3 saturated heterocycles. The maximum Gasteiger partial charge on any atom is 0.321 e. The molecule has 0 bridgehead atoms. The third-order valence-electron chi connectivity index (χ3n) is 20.0. The highest BCUT2D eigenvalue weighted by Crippen LogP contribution is 2.46. The number of ether oxygens (including phenoxy) is 23. The number of rotatable bonds is 71. The predicted molar refractivity (Wildman–Crippen MR) is 494 cm³/mol. The van der Waals surface area contributed by atoms with Crippen LogP contribution in [0.5, 0.6) is 5.75 Å². The smallest absolute Gasteiger partial charge is 0.321 e. The van der Waals surface area contributed by atoms with Gasteiger partial charge in [-0.15, -0.1) is 0 Å². The molecular formula is C91H143N10O42P. The van der Waals surface area contributed by atoms with Gasteiger partial charge in [0.15, 0.2) is 55.5 Å². The number of amides is 8. The number of esters is 9. The van der Waals surface area contributed by atoms with Gasteiger partial charge in [0.1, 0.15) is 67.5 Å². The molecule has 8 N–H and O–H groups in total. The van der Waals surface area contributed by atoms with E-state index < -0.39 is 241 Å². The largest absolute Gasteiger partial charge is 0.463 e. The van der Waals surface area contributed by atoms with Crippen molar-refractivity contribution in [2.45, 2.75) is 259 Å². The number of hydrogen-bond donors (Lipinski definition) is 8. The summed E-state index contributed by atoms with van der Waals surface area (Å²) in [5.41, 5.74) is -0.927. The van der Waals surface area contributed by atoms with Gasteiger partial charge in [0, 0.05) is 147 Å². The topological polar surface area (TPSA) is 644 Å². The van der Waals surface area contributed by atoms with Crippen LogP contribution >= 0.6 is 8.53 Å². The van der Waals surface area contributed by atoms with E-state index in [-0.39, 0.29) is 195 Å². The summed E-state index contributed by atoms with van der Waals surface area (Å²) in [6.07, 6.45) is -16.8. The van der Waals surface area contributed by atoms with Crippen molar-refractivity contribution in [3.8, 4) is 11.8 Å². The Morgan fingerprint density at radius 1 is 0.361 bits per heavy atom. The Balaban J connectivity index is 1.49. The van der Waals surface area contributed by atoms with Crippen LogP contribution in [0.1, 0.15) is 148 Å². The van der Waals surface area contributed by atoms with Crippen molar-refractivity contribution >= 4 is 110 Å². The van der Waals surface area contributed by atoms with Gasteiger partial charge >= 0.3 is 62.2 Å². The first-order valence-electron chi connectivity index (χ1n) is 46.9. The summed E-state index contributed by atoms with van der Waals surface area (Å²) < 4.78 is 146. The fourth-order valence-electron chi connectivity index (χ4n) is 14.3. The van der Waals surface area contributed by atoms with E-state index in [1.165, 1.54) is 20.8 Å². The van der Waals surface area contributed by atoms with Crippen LogP contribution in [0.15, 0.2) is 24.3 Å². The van der Waals surface area contributed by atoms with Crippen molar-refractivity contribution in [3.05, 3.63) is 29.8 Å². The van der Waals surface area contributed by atoms with Crippen LogP contribution in [0.25, 0.3) is 0 Å². The van der Waals surface area contributed by atoms with Crippen molar-refractivity contribution < 1.29 is 200 Å². The number of nitriles is 1. The lowest BCUT2D eigenvalue weighted by atomic mass is 9.96. The zero-order chi connectivity index (χ0) is 107. The molecule has 3 fully saturated rings. The van der Waals surface area contributed by atoms with Crippen LogP contribution in [0.3, 0.4) is 0 Å². The second kappa shape index (κ2) is 70.2.